The maximum atomic E-state index is 11.2. The van der Waals surface area contributed by atoms with Crippen molar-refractivity contribution < 1.29 is 14.3 Å². The van der Waals surface area contributed by atoms with Crippen molar-refractivity contribution in [1.82, 2.24) is 0 Å². The van der Waals surface area contributed by atoms with Crippen molar-refractivity contribution in [3.63, 3.8) is 0 Å². The van der Waals surface area contributed by atoms with Gasteiger partial charge in [0, 0.05) is 6.42 Å². The number of carbonyl (C=O) groups excluding carboxylic acids is 1. The summed E-state index contributed by atoms with van der Waals surface area (Å²) in [5, 5.41) is 0. The van der Waals surface area contributed by atoms with Gasteiger partial charge in [-0.25, -0.2) is 0 Å². The Morgan fingerprint density at radius 2 is 2.11 bits per heavy atom. The zero-order chi connectivity index (χ0) is 14.3. The van der Waals surface area contributed by atoms with Gasteiger partial charge in [0.15, 0.2) is 0 Å². The van der Waals surface area contributed by atoms with Crippen molar-refractivity contribution in [3.05, 3.63) is 0 Å². The van der Waals surface area contributed by atoms with E-state index in [-0.39, 0.29) is 12.1 Å². The van der Waals surface area contributed by atoms with Gasteiger partial charge >= 0.3 is 5.97 Å². The first-order valence-electron chi connectivity index (χ1n) is 7.72. The van der Waals surface area contributed by atoms with E-state index >= 15 is 0 Å². The first-order chi connectivity index (χ1) is 8.94. The van der Waals surface area contributed by atoms with Crippen LogP contribution in [0.1, 0.15) is 66.2 Å². The highest BCUT2D eigenvalue weighted by Crippen LogP contribution is 2.40. The Hall–Kier alpha value is -0.570. The number of ether oxygens (including phenoxy) is 2. The van der Waals surface area contributed by atoms with Crippen molar-refractivity contribution in [1.29, 1.82) is 0 Å². The van der Waals surface area contributed by atoms with Gasteiger partial charge < -0.3 is 9.47 Å². The molecule has 0 radical (unpaired) electrons. The topological polar surface area (TPSA) is 35.5 Å². The monoisotopic (exact) mass is 270 g/mol. The molecule has 19 heavy (non-hydrogen) atoms. The minimum atomic E-state index is -0.113. The van der Waals surface area contributed by atoms with E-state index in [1.54, 1.807) is 0 Å². The molecule has 0 saturated heterocycles. The summed E-state index contributed by atoms with van der Waals surface area (Å²) in [5.41, 5.74) is 0.453. The number of esters is 1. The van der Waals surface area contributed by atoms with Crippen molar-refractivity contribution in [2.45, 2.75) is 72.3 Å². The smallest absolute Gasteiger partial charge is 0.305 e. The predicted octanol–water partition coefficient (Wildman–Crippen LogP) is 3.95. The summed E-state index contributed by atoms with van der Waals surface area (Å²) in [6, 6.07) is 0. The Bertz CT molecular complexity index is 273. The molecule has 2 atom stereocenters. The van der Waals surface area contributed by atoms with Crippen molar-refractivity contribution in [3.8, 4) is 0 Å². The highest BCUT2D eigenvalue weighted by molar-refractivity contribution is 5.69. The Labute approximate surface area is 118 Å². The lowest BCUT2D eigenvalue weighted by molar-refractivity contribution is -0.146. The van der Waals surface area contributed by atoms with Gasteiger partial charge in [0.2, 0.25) is 0 Å². The van der Waals surface area contributed by atoms with Crippen molar-refractivity contribution in [2.24, 2.45) is 11.3 Å². The molecule has 0 aromatic carbocycles. The Kier molecular flexibility index (Phi) is 6.84. The van der Waals surface area contributed by atoms with Crippen LogP contribution in [0.3, 0.4) is 0 Å². The SMILES string of the molecule is CCCC(=O)OCCOC(C)C1CCCC(C)(C)C1. The Morgan fingerprint density at radius 1 is 1.37 bits per heavy atom. The fraction of sp³-hybridized carbons (Fsp3) is 0.938. The summed E-state index contributed by atoms with van der Waals surface area (Å²) in [6.45, 7) is 9.73. The predicted molar refractivity (Wildman–Crippen MR) is 77.0 cm³/mol. The van der Waals surface area contributed by atoms with Crippen LogP contribution in [-0.4, -0.2) is 25.3 Å². The van der Waals surface area contributed by atoms with E-state index < -0.39 is 0 Å². The first-order valence-corrected chi connectivity index (χ1v) is 7.72. The van der Waals surface area contributed by atoms with E-state index in [4.69, 9.17) is 9.47 Å². The molecule has 1 aliphatic carbocycles. The molecule has 2 unspecified atom stereocenters. The summed E-state index contributed by atoms with van der Waals surface area (Å²) in [6.07, 6.45) is 6.75. The number of hydrogen-bond donors (Lipinski definition) is 0. The lowest BCUT2D eigenvalue weighted by Crippen LogP contribution is -2.31. The molecule has 0 N–H and O–H groups in total. The van der Waals surface area contributed by atoms with E-state index in [1.165, 1.54) is 25.7 Å². The molecule has 3 heteroatoms. The van der Waals surface area contributed by atoms with Gasteiger partial charge in [-0.2, -0.15) is 0 Å². The second-order valence-electron chi connectivity index (χ2n) is 6.57. The Balaban J connectivity index is 2.17. The fourth-order valence-corrected chi connectivity index (χ4v) is 2.96. The maximum absolute atomic E-state index is 11.2. The van der Waals surface area contributed by atoms with Gasteiger partial charge in [0.05, 0.1) is 12.7 Å². The van der Waals surface area contributed by atoms with Crippen molar-refractivity contribution >= 4 is 5.97 Å². The Morgan fingerprint density at radius 3 is 2.74 bits per heavy atom. The van der Waals surface area contributed by atoms with E-state index in [2.05, 4.69) is 20.8 Å². The van der Waals surface area contributed by atoms with Crippen molar-refractivity contribution in [2.75, 3.05) is 13.2 Å². The molecule has 3 nitrogen and oxygen atoms in total. The highest BCUT2D eigenvalue weighted by atomic mass is 16.6. The third kappa shape index (κ3) is 6.42. The quantitative estimate of drug-likeness (QED) is 0.519. The van der Waals surface area contributed by atoms with Gasteiger partial charge in [-0.1, -0.05) is 27.2 Å². The minimum Gasteiger partial charge on any atom is -0.463 e. The van der Waals surface area contributed by atoms with E-state index in [0.29, 0.717) is 31.0 Å². The van der Waals surface area contributed by atoms with Crippen LogP contribution >= 0.6 is 0 Å². The molecule has 0 amide bonds. The lowest BCUT2D eigenvalue weighted by atomic mass is 9.71. The molecular weight excluding hydrogens is 240 g/mol. The molecule has 112 valence electrons. The fourth-order valence-electron chi connectivity index (χ4n) is 2.96. The molecule has 1 fully saturated rings. The first kappa shape index (κ1) is 16.5. The number of rotatable bonds is 7. The molecule has 0 spiro atoms. The van der Waals surface area contributed by atoms with Gasteiger partial charge in [-0.05, 0) is 43.9 Å². The zero-order valence-corrected chi connectivity index (χ0v) is 13.0. The second-order valence-corrected chi connectivity index (χ2v) is 6.57. The zero-order valence-electron chi connectivity index (χ0n) is 13.0. The second kappa shape index (κ2) is 7.88. The molecule has 1 aliphatic rings. The summed E-state index contributed by atoms with van der Waals surface area (Å²) < 4.78 is 10.9. The molecule has 1 saturated carbocycles. The number of hydrogen-bond acceptors (Lipinski definition) is 3. The summed E-state index contributed by atoms with van der Waals surface area (Å²) in [4.78, 5) is 11.2. The standard InChI is InChI=1S/C16H30O3/c1-5-7-15(17)19-11-10-18-13(2)14-8-6-9-16(3,4)12-14/h13-14H,5-12H2,1-4H3. The lowest BCUT2D eigenvalue weighted by Gasteiger charge is -2.37. The van der Waals surface area contributed by atoms with Crippen LogP contribution in [0.15, 0.2) is 0 Å². The van der Waals surface area contributed by atoms with Gasteiger partial charge in [-0.15, -0.1) is 0 Å². The van der Waals surface area contributed by atoms with Crippen LogP contribution in [0.4, 0.5) is 0 Å². The largest absolute Gasteiger partial charge is 0.463 e. The van der Waals surface area contributed by atoms with Crippen LogP contribution < -0.4 is 0 Å². The highest BCUT2D eigenvalue weighted by Gasteiger charge is 2.31. The van der Waals surface area contributed by atoms with E-state index in [1.807, 2.05) is 6.92 Å². The van der Waals surface area contributed by atoms with Crippen LogP contribution in [0, 0.1) is 11.3 Å². The molecule has 0 aromatic rings. The van der Waals surface area contributed by atoms with E-state index in [9.17, 15) is 4.79 Å². The van der Waals surface area contributed by atoms with Crippen LogP contribution in [0.25, 0.3) is 0 Å². The van der Waals surface area contributed by atoms with Gasteiger partial charge in [0.1, 0.15) is 6.61 Å². The molecule has 0 bridgehead atoms. The van der Waals surface area contributed by atoms with E-state index in [0.717, 1.165) is 6.42 Å². The average molecular weight is 270 g/mol. The van der Waals surface area contributed by atoms with Gasteiger partial charge in [0.25, 0.3) is 0 Å². The molecule has 0 heterocycles. The number of carbonyl (C=O) groups is 1. The van der Waals surface area contributed by atoms with Crippen LogP contribution in [-0.2, 0) is 14.3 Å². The van der Waals surface area contributed by atoms with Crippen LogP contribution in [0.2, 0.25) is 0 Å². The molecule has 0 aliphatic heterocycles. The summed E-state index contributed by atoms with van der Waals surface area (Å²) >= 11 is 0. The molecule has 1 rings (SSSR count). The van der Waals surface area contributed by atoms with Gasteiger partial charge in [-0.3, -0.25) is 4.79 Å². The minimum absolute atomic E-state index is 0.113. The maximum Gasteiger partial charge on any atom is 0.305 e. The van der Waals surface area contributed by atoms with Crippen LogP contribution in [0.5, 0.6) is 0 Å². The normalized spacial score (nSPS) is 23.9. The summed E-state index contributed by atoms with van der Waals surface area (Å²) in [7, 11) is 0. The molecular formula is C16H30O3. The molecule has 0 aromatic heterocycles. The average Bonchev–Trinajstić information content (AvgIpc) is 2.33. The third-order valence-electron chi connectivity index (χ3n) is 4.09. The third-order valence-corrected chi connectivity index (χ3v) is 4.09. The summed E-state index contributed by atoms with van der Waals surface area (Å²) in [5.74, 6) is 0.535.